The summed E-state index contributed by atoms with van der Waals surface area (Å²) in [5.74, 6) is -4.65. The molecule has 0 radical (unpaired) electrons. The number of hydrogen-bond donors (Lipinski definition) is 1. The summed E-state index contributed by atoms with van der Waals surface area (Å²) >= 11 is 0. The summed E-state index contributed by atoms with van der Waals surface area (Å²) in [6.45, 7) is 0. The molecule has 3 rings (SSSR count). The Morgan fingerprint density at radius 3 is 2.56 bits per heavy atom. The molecular weight excluding hydrogens is 382 g/mol. The van der Waals surface area contributed by atoms with Gasteiger partial charge in [-0.1, -0.05) is 0 Å². The van der Waals surface area contributed by atoms with Crippen LogP contribution in [0.25, 0.3) is 0 Å². The molecule has 0 aromatic heterocycles. The Kier molecular flexibility index (Phi) is 4.28. The van der Waals surface area contributed by atoms with Crippen LogP contribution < -0.4 is 4.74 Å². The number of rotatable bonds is 3. The van der Waals surface area contributed by atoms with Crippen molar-refractivity contribution in [3.63, 3.8) is 0 Å². The Bertz CT molecular complexity index is 1090. The van der Waals surface area contributed by atoms with E-state index in [1.54, 1.807) is 6.07 Å². The van der Waals surface area contributed by atoms with Gasteiger partial charge in [0.25, 0.3) is 5.92 Å². The van der Waals surface area contributed by atoms with E-state index in [9.17, 15) is 26.7 Å². The number of halogens is 3. The van der Waals surface area contributed by atoms with Gasteiger partial charge in [0.05, 0.1) is 16.5 Å². The van der Waals surface area contributed by atoms with E-state index >= 15 is 0 Å². The first-order valence-corrected chi connectivity index (χ1v) is 9.61. The molecule has 0 heterocycles. The Balaban J connectivity index is 2.20. The molecule has 1 aliphatic rings. The van der Waals surface area contributed by atoms with Gasteiger partial charge in [-0.2, -0.15) is 5.26 Å². The highest BCUT2D eigenvalue weighted by Crippen LogP contribution is 2.51. The van der Waals surface area contributed by atoms with Crippen molar-refractivity contribution in [2.75, 3.05) is 6.26 Å². The van der Waals surface area contributed by atoms with Crippen LogP contribution in [0.4, 0.5) is 13.2 Å². The molecule has 0 unspecified atom stereocenters. The highest BCUT2D eigenvalue weighted by molar-refractivity contribution is 7.90. The van der Waals surface area contributed by atoms with E-state index in [0.717, 1.165) is 32.3 Å². The first-order valence-electron chi connectivity index (χ1n) is 7.72. The fourth-order valence-electron chi connectivity index (χ4n) is 3.11. The van der Waals surface area contributed by atoms with Crippen molar-refractivity contribution in [1.82, 2.24) is 0 Å². The van der Waals surface area contributed by atoms with Crippen molar-refractivity contribution in [1.29, 1.82) is 5.26 Å². The van der Waals surface area contributed by atoms with Gasteiger partial charge in [0, 0.05) is 29.9 Å². The van der Waals surface area contributed by atoms with Crippen molar-refractivity contribution in [2.24, 2.45) is 0 Å². The number of aliphatic hydroxyl groups is 1. The Labute approximate surface area is 154 Å². The fourth-order valence-corrected chi connectivity index (χ4v) is 4.12. The lowest BCUT2D eigenvalue weighted by Gasteiger charge is -2.27. The second kappa shape index (κ2) is 6.01. The molecule has 0 aliphatic heterocycles. The van der Waals surface area contributed by atoms with E-state index in [1.807, 2.05) is 0 Å². The zero-order valence-electron chi connectivity index (χ0n) is 14.3. The maximum atomic E-state index is 14.4. The minimum Gasteiger partial charge on any atom is -0.457 e. The Morgan fingerprint density at radius 2 is 1.96 bits per heavy atom. The van der Waals surface area contributed by atoms with Gasteiger partial charge < -0.3 is 9.84 Å². The van der Waals surface area contributed by atoms with Gasteiger partial charge in [-0.05, 0) is 24.3 Å². The van der Waals surface area contributed by atoms with Crippen molar-refractivity contribution in [2.45, 2.75) is 22.7 Å². The van der Waals surface area contributed by atoms with Crippen LogP contribution in [0.1, 0.15) is 16.7 Å². The average molecular weight is 395 g/mol. The molecule has 10 heteroatoms. The molecule has 1 atom stereocenters. The van der Waals surface area contributed by atoms with Crippen molar-refractivity contribution in [3.8, 4) is 17.6 Å². The highest BCUT2D eigenvalue weighted by Gasteiger charge is 2.58. The van der Waals surface area contributed by atoms with Crippen LogP contribution in [-0.2, 0) is 21.8 Å². The zero-order chi connectivity index (χ0) is 20.2. The van der Waals surface area contributed by atoms with Gasteiger partial charge in [-0.25, -0.2) is 21.6 Å². The molecule has 140 valence electrons. The fraction of sp³-hybridized carbons (Fsp3) is 0.235. The number of alkyl halides is 2. The summed E-state index contributed by atoms with van der Waals surface area (Å²) in [6.07, 6.45) is -0.101. The monoisotopic (exact) mass is 395 g/mol. The van der Waals surface area contributed by atoms with Crippen molar-refractivity contribution in [3.05, 3.63) is 52.8 Å². The molecular formula is C17H13BF3NO4S. The molecule has 2 aromatic rings. The molecule has 0 amide bonds. The number of nitriles is 1. The third kappa shape index (κ3) is 3.17. The number of nitrogens with zero attached hydrogens (tertiary/aromatic N) is 1. The second-order valence-electron chi connectivity index (χ2n) is 6.53. The summed E-state index contributed by atoms with van der Waals surface area (Å²) in [5.41, 5.74) is -3.38. The smallest absolute Gasteiger partial charge is 0.276 e. The number of hydrogen-bond acceptors (Lipinski definition) is 5. The van der Waals surface area contributed by atoms with Crippen LogP contribution in [0.5, 0.6) is 11.5 Å². The van der Waals surface area contributed by atoms with E-state index in [-0.39, 0.29) is 22.6 Å². The standard InChI is InChI=1S/C17H13BF3NO4S/c1-27(24,25)14-3-2-13(12-7-16(20,21)17(18,23)15(12)14)26-11-5-9(8-22)4-10(19)6-11/h2-6,23H,7,18H2,1H3/t17-/m0/s1. The van der Waals surface area contributed by atoms with E-state index in [4.69, 9.17) is 10.00 Å². The van der Waals surface area contributed by atoms with Crippen LogP contribution >= 0.6 is 0 Å². The lowest BCUT2D eigenvalue weighted by molar-refractivity contribution is -0.126. The number of sulfone groups is 1. The Morgan fingerprint density at radius 1 is 1.30 bits per heavy atom. The minimum atomic E-state index is -3.91. The molecule has 0 fully saturated rings. The highest BCUT2D eigenvalue weighted by atomic mass is 32.2. The molecule has 0 spiro atoms. The number of ether oxygens (including phenoxy) is 1. The van der Waals surface area contributed by atoms with Gasteiger partial charge in [-0.15, -0.1) is 0 Å². The van der Waals surface area contributed by atoms with Gasteiger partial charge in [0.15, 0.2) is 17.7 Å². The third-order valence-corrected chi connectivity index (χ3v) is 5.60. The molecule has 0 saturated carbocycles. The van der Waals surface area contributed by atoms with Crippen LogP contribution in [0.3, 0.4) is 0 Å². The first-order chi connectivity index (χ1) is 12.4. The molecule has 5 nitrogen and oxygen atoms in total. The summed E-state index contributed by atoms with van der Waals surface area (Å²) in [7, 11) is -3.07. The van der Waals surface area contributed by atoms with Crippen LogP contribution in [0.15, 0.2) is 35.2 Å². The maximum absolute atomic E-state index is 14.4. The van der Waals surface area contributed by atoms with Crippen LogP contribution in [-0.4, -0.2) is 33.5 Å². The van der Waals surface area contributed by atoms with Gasteiger partial charge in [0.2, 0.25) is 0 Å². The molecule has 2 aromatic carbocycles. The van der Waals surface area contributed by atoms with Crippen molar-refractivity contribution < 1.29 is 31.4 Å². The molecule has 1 aliphatic carbocycles. The van der Waals surface area contributed by atoms with Gasteiger partial charge >= 0.3 is 0 Å². The quantitative estimate of drug-likeness (QED) is 0.802. The second-order valence-corrected chi connectivity index (χ2v) is 8.51. The average Bonchev–Trinajstić information content (AvgIpc) is 2.72. The topological polar surface area (TPSA) is 87.4 Å². The first kappa shape index (κ1) is 19.3. The summed E-state index contributed by atoms with van der Waals surface area (Å²) in [4.78, 5) is -0.427. The maximum Gasteiger partial charge on any atom is 0.276 e. The predicted molar refractivity (Wildman–Crippen MR) is 91.8 cm³/mol. The summed E-state index contributed by atoms with van der Waals surface area (Å²) < 4.78 is 71.8. The van der Waals surface area contributed by atoms with Crippen LogP contribution in [0.2, 0.25) is 0 Å². The van der Waals surface area contributed by atoms with E-state index < -0.39 is 44.0 Å². The predicted octanol–water partition coefficient (Wildman–Crippen LogP) is 1.86. The van der Waals surface area contributed by atoms with Gasteiger partial charge in [0.1, 0.15) is 22.8 Å². The van der Waals surface area contributed by atoms with E-state index in [2.05, 4.69) is 0 Å². The molecule has 1 N–H and O–H groups in total. The summed E-state index contributed by atoms with van der Waals surface area (Å²) in [5, 5.41) is 19.3. The molecule has 27 heavy (non-hydrogen) atoms. The lowest BCUT2D eigenvalue weighted by atomic mass is 9.74. The van der Waals surface area contributed by atoms with Gasteiger partial charge in [-0.3, -0.25) is 0 Å². The summed E-state index contributed by atoms with van der Waals surface area (Å²) in [6, 6.07) is 7.12. The van der Waals surface area contributed by atoms with Crippen LogP contribution in [0, 0.1) is 17.1 Å². The zero-order valence-corrected chi connectivity index (χ0v) is 15.1. The Hall–Kier alpha value is -2.51. The third-order valence-electron chi connectivity index (χ3n) is 4.46. The largest absolute Gasteiger partial charge is 0.457 e. The molecule has 0 saturated heterocycles. The van der Waals surface area contributed by atoms with Crippen molar-refractivity contribution >= 4 is 17.7 Å². The normalized spacial score (nSPS) is 20.7. The lowest BCUT2D eigenvalue weighted by Crippen LogP contribution is -2.43. The SMILES string of the molecule is B[C@]1(O)c2c(S(C)(=O)=O)ccc(Oc3cc(F)cc(C#N)c3)c2CC1(F)F. The number of fused-ring (bicyclic) bond motifs is 1. The molecule has 0 bridgehead atoms. The van der Waals surface area contributed by atoms with E-state index in [0.29, 0.717) is 0 Å². The van der Waals surface area contributed by atoms with E-state index in [1.165, 1.54) is 12.1 Å². The minimum absolute atomic E-state index is 0.0354. The number of benzene rings is 2.